The fourth-order valence-corrected chi connectivity index (χ4v) is 1.90. The molecule has 0 saturated carbocycles. The van der Waals surface area contributed by atoms with Crippen molar-refractivity contribution >= 4 is 11.9 Å². The summed E-state index contributed by atoms with van der Waals surface area (Å²) in [6, 6.07) is 0. The van der Waals surface area contributed by atoms with Crippen LogP contribution in [-0.2, 0) is 19.1 Å². The lowest BCUT2D eigenvalue weighted by Crippen LogP contribution is -2.32. The first-order chi connectivity index (χ1) is 9.02. The Morgan fingerprint density at radius 3 is 2.47 bits per heavy atom. The number of hydrogen-bond acceptors (Lipinski definition) is 4. The molecule has 19 heavy (non-hydrogen) atoms. The first-order valence-electron chi connectivity index (χ1n) is 6.29. The van der Waals surface area contributed by atoms with Gasteiger partial charge in [-0.25, -0.2) is 0 Å². The normalized spacial score (nSPS) is 21.9. The summed E-state index contributed by atoms with van der Waals surface area (Å²) in [6.45, 7) is 6.39. The van der Waals surface area contributed by atoms with Gasteiger partial charge in [-0.3, -0.25) is 9.59 Å². The standard InChI is InChI=1S/C14H20O5/c1-10(2)9-18-7-8-19-14(17)12-6-4-3-5-11(12)13(15)16/h3-4,11-12H,1,5-9H2,2H3,(H,15,16). The summed E-state index contributed by atoms with van der Waals surface area (Å²) in [7, 11) is 0. The molecule has 1 aliphatic rings. The number of ether oxygens (including phenoxy) is 2. The van der Waals surface area contributed by atoms with E-state index in [2.05, 4.69) is 6.58 Å². The van der Waals surface area contributed by atoms with Crippen molar-refractivity contribution in [3.63, 3.8) is 0 Å². The van der Waals surface area contributed by atoms with E-state index in [1.54, 1.807) is 6.08 Å². The Morgan fingerprint density at radius 1 is 1.26 bits per heavy atom. The molecule has 5 nitrogen and oxygen atoms in total. The van der Waals surface area contributed by atoms with E-state index in [0.29, 0.717) is 26.1 Å². The molecule has 106 valence electrons. The SMILES string of the molecule is C=C(C)COCCOC(=O)C1CC=CCC1C(=O)O. The maximum atomic E-state index is 11.8. The highest BCUT2D eigenvalue weighted by molar-refractivity contribution is 5.81. The smallest absolute Gasteiger partial charge is 0.310 e. The number of carboxylic acid groups (broad SMARTS) is 1. The van der Waals surface area contributed by atoms with Crippen LogP contribution in [0.4, 0.5) is 0 Å². The van der Waals surface area contributed by atoms with E-state index >= 15 is 0 Å². The Hall–Kier alpha value is -1.62. The number of esters is 1. The lowest BCUT2D eigenvalue weighted by molar-refractivity contribution is -0.158. The van der Waals surface area contributed by atoms with Gasteiger partial charge in [0.15, 0.2) is 0 Å². The Kier molecular flexibility index (Phi) is 6.29. The number of rotatable bonds is 7. The minimum Gasteiger partial charge on any atom is -0.481 e. The molecular formula is C14H20O5. The monoisotopic (exact) mass is 268 g/mol. The van der Waals surface area contributed by atoms with Crippen LogP contribution in [0.5, 0.6) is 0 Å². The maximum Gasteiger partial charge on any atom is 0.310 e. The molecule has 0 spiro atoms. The summed E-state index contributed by atoms with van der Waals surface area (Å²) >= 11 is 0. The molecule has 1 rings (SSSR count). The van der Waals surface area contributed by atoms with E-state index in [-0.39, 0.29) is 6.61 Å². The van der Waals surface area contributed by atoms with Gasteiger partial charge in [0.1, 0.15) is 6.61 Å². The van der Waals surface area contributed by atoms with Crippen molar-refractivity contribution < 1.29 is 24.2 Å². The Bertz CT molecular complexity index is 372. The van der Waals surface area contributed by atoms with Gasteiger partial charge in [-0.05, 0) is 19.8 Å². The van der Waals surface area contributed by atoms with Crippen LogP contribution in [0.2, 0.25) is 0 Å². The Labute approximate surface area is 112 Å². The molecule has 0 saturated heterocycles. The lowest BCUT2D eigenvalue weighted by Gasteiger charge is -2.23. The van der Waals surface area contributed by atoms with E-state index in [0.717, 1.165) is 5.57 Å². The number of hydrogen-bond donors (Lipinski definition) is 1. The van der Waals surface area contributed by atoms with Crippen LogP contribution < -0.4 is 0 Å². The van der Waals surface area contributed by atoms with Crippen LogP contribution in [0.1, 0.15) is 19.8 Å². The van der Waals surface area contributed by atoms with Gasteiger partial charge in [-0.2, -0.15) is 0 Å². The fourth-order valence-electron chi connectivity index (χ4n) is 1.90. The van der Waals surface area contributed by atoms with Crippen LogP contribution >= 0.6 is 0 Å². The lowest BCUT2D eigenvalue weighted by atomic mass is 9.83. The predicted octanol–water partition coefficient (Wildman–Crippen LogP) is 1.79. The first kappa shape index (κ1) is 15.4. The zero-order valence-corrected chi connectivity index (χ0v) is 11.1. The van der Waals surface area contributed by atoms with E-state index < -0.39 is 23.8 Å². The molecule has 5 heteroatoms. The summed E-state index contributed by atoms with van der Waals surface area (Å²) in [6.07, 6.45) is 4.41. The largest absolute Gasteiger partial charge is 0.481 e. The third-order valence-corrected chi connectivity index (χ3v) is 2.87. The molecule has 0 amide bonds. The fraction of sp³-hybridized carbons (Fsp3) is 0.571. The minimum atomic E-state index is -0.954. The number of aliphatic carboxylic acids is 1. The number of carbonyl (C=O) groups excluding carboxylic acids is 1. The Balaban J connectivity index is 2.33. The van der Waals surface area contributed by atoms with Crippen molar-refractivity contribution in [3.8, 4) is 0 Å². The van der Waals surface area contributed by atoms with Gasteiger partial charge in [0.25, 0.3) is 0 Å². The highest BCUT2D eigenvalue weighted by Crippen LogP contribution is 2.26. The molecule has 0 aromatic carbocycles. The van der Waals surface area contributed by atoms with Gasteiger partial charge in [0, 0.05) is 0 Å². The van der Waals surface area contributed by atoms with Gasteiger partial charge in [-0.15, -0.1) is 0 Å². The van der Waals surface area contributed by atoms with E-state index in [1.807, 2.05) is 13.0 Å². The van der Waals surface area contributed by atoms with E-state index in [1.165, 1.54) is 0 Å². The summed E-state index contributed by atoms with van der Waals surface area (Å²) < 4.78 is 10.3. The van der Waals surface area contributed by atoms with Crippen LogP contribution in [0, 0.1) is 11.8 Å². The molecule has 0 aromatic heterocycles. The van der Waals surface area contributed by atoms with E-state index in [9.17, 15) is 9.59 Å². The van der Waals surface area contributed by atoms with Gasteiger partial charge in [0.05, 0.1) is 25.0 Å². The molecule has 0 aliphatic heterocycles. The number of allylic oxidation sites excluding steroid dienone is 2. The molecule has 2 atom stereocenters. The van der Waals surface area contributed by atoms with Crippen LogP contribution in [0.25, 0.3) is 0 Å². The highest BCUT2D eigenvalue weighted by atomic mass is 16.6. The second kappa shape index (κ2) is 7.74. The van der Waals surface area contributed by atoms with E-state index in [4.69, 9.17) is 14.6 Å². The summed E-state index contributed by atoms with van der Waals surface area (Å²) in [5.41, 5.74) is 0.898. The zero-order valence-electron chi connectivity index (χ0n) is 11.1. The quantitative estimate of drug-likeness (QED) is 0.433. The zero-order chi connectivity index (χ0) is 14.3. The topological polar surface area (TPSA) is 72.8 Å². The van der Waals surface area contributed by atoms with Crippen molar-refractivity contribution in [2.75, 3.05) is 19.8 Å². The first-order valence-corrected chi connectivity index (χ1v) is 6.29. The van der Waals surface area contributed by atoms with Gasteiger partial charge < -0.3 is 14.6 Å². The van der Waals surface area contributed by atoms with Gasteiger partial charge >= 0.3 is 11.9 Å². The molecule has 2 unspecified atom stereocenters. The second-order valence-electron chi connectivity index (χ2n) is 4.67. The third-order valence-electron chi connectivity index (χ3n) is 2.87. The van der Waals surface area contributed by atoms with Crippen LogP contribution in [-0.4, -0.2) is 36.9 Å². The molecule has 0 heterocycles. The molecule has 1 aliphatic carbocycles. The van der Waals surface area contributed by atoms with Crippen molar-refractivity contribution in [1.82, 2.24) is 0 Å². The molecule has 0 aromatic rings. The molecule has 0 fully saturated rings. The molecule has 0 bridgehead atoms. The summed E-state index contributed by atoms with van der Waals surface area (Å²) in [5.74, 6) is -2.70. The van der Waals surface area contributed by atoms with Gasteiger partial charge in [0.2, 0.25) is 0 Å². The second-order valence-corrected chi connectivity index (χ2v) is 4.67. The molecule has 0 radical (unpaired) electrons. The summed E-state index contributed by atoms with van der Waals surface area (Å²) in [5, 5.41) is 9.05. The third kappa shape index (κ3) is 5.26. The highest BCUT2D eigenvalue weighted by Gasteiger charge is 2.34. The Morgan fingerprint density at radius 2 is 1.89 bits per heavy atom. The van der Waals surface area contributed by atoms with Crippen molar-refractivity contribution in [2.45, 2.75) is 19.8 Å². The average Bonchev–Trinajstić information content (AvgIpc) is 2.37. The summed E-state index contributed by atoms with van der Waals surface area (Å²) in [4.78, 5) is 22.9. The minimum absolute atomic E-state index is 0.138. The number of carboxylic acids is 1. The molecule has 1 N–H and O–H groups in total. The van der Waals surface area contributed by atoms with Gasteiger partial charge in [-0.1, -0.05) is 24.3 Å². The predicted molar refractivity (Wildman–Crippen MR) is 69.6 cm³/mol. The average molecular weight is 268 g/mol. The van der Waals surface area contributed by atoms with Crippen molar-refractivity contribution in [2.24, 2.45) is 11.8 Å². The van der Waals surface area contributed by atoms with Crippen molar-refractivity contribution in [3.05, 3.63) is 24.3 Å². The van der Waals surface area contributed by atoms with Crippen LogP contribution in [0.15, 0.2) is 24.3 Å². The van der Waals surface area contributed by atoms with Crippen molar-refractivity contribution in [1.29, 1.82) is 0 Å². The molecular weight excluding hydrogens is 248 g/mol. The van der Waals surface area contributed by atoms with Crippen LogP contribution in [0.3, 0.4) is 0 Å². The maximum absolute atomic E-state index is 11.8. The number of carbonyl (C=O) groups is 2.